The standard InChI is InChI=1S/C20H18N6O2/c1-3-14-11-21-20(28-14)17-18-23-15(7-8-26(18)24-19(17)27)12-5-6-16-13(9-12)10-22-25(16)4-2/h5-11H,3-4H2,1-2H3,(H,24,27). The van der Waals surface area contributed by atoms with E-state index in [-0.39, 0.29) is 11.4 Å². The highest BCUT2D eigenvalue weighted by molar-refractivity contribution is 5.84. The summed E-state index contributed by atoms with van der Waals surface area (Å²) in [6.07, 6.45) is 5.99. The first-order valence-electron chi connectivity index (χ1n) is 9.20. The van der Waals surface area contributed by atoms with E-state index in [0.29, 0.717) is 17.6 Å². The van der Waals surface area contributed by atoms with Gasteiger partial charge in [-0.3, -0.25) is 14.6 Å². The summed E-state index contributed by atoms with van der Waals surface area (Å²) in [7, 11) is 0. The van der Waals surface area contributed by atoms with Gasteiger partial charge in [0.05, 0.1) is 23.6 Å². The van der Waals surface area contributed by atoms with Crippen molar-refractivity contribution < 1.29 is 4.42 Å². The molecule has 1 aromatic carbocycles. The van der Waals surface area contributed by atoms with E-state index in [0.717, 1.165) is 34.5 Å². The van der Waals surface area contributed by atoms with Crippen molar-refractivity contribution in [1.82, 2.24) is 29.4 Å². The van der Waals surface area contributed by atoms with Gasteiger partial charge in [0.2, 0.25) is 5.89 Å². The van der Waals surface area contributed by atoms with Gasteiger partial charge in [0.15, 0.2) is 5.65 Å². The first kappa shape index (κ1) is 16.5. The van der Waals surface area contributed by atoms with Crippen molar-refractivity contribution in [2.75, 3.05) is 0 Å². The molecule has 5 rings (SSSR count). The number of aromatic amines is 1. The Morgan fingerprint density at radius 3 is 2.86 bits per heavy atom. The molecular formula is C20H18N6O2. The van der Waals surface area contributed by atoms with Gasteiger partial charge in [0, 0.05) is 30.1 Å². The molecule has 140 valence electrons. The molecule has 0 aliphatic heterocycles. The predicted octanol–water partition coefficient (Wildman–Crippen LogP) is 3.28. The fraction of sp³-hybridized carbons (Fsp3) is 0.200. The molecule has 0 radical (unpaired) electrons. The van der Waals surface area contributed by atoms with Gasteiger partial charge in [-0.1, -0.05) is 13.0 Å². The average Bonchev–Trinajstić information content (AvgIpc) is 3.42. The minimum atomic E-state index is -0.283. The van der Waals surface area contributed by atoms with Crippen LogP contribution in [0.2, 0.25) is 0 Å². The third-order valence-electron chi connectivity index (χ3n) is 4.86. The van der Waals surface area contributed by atoms with Crippen LogP contribution < -0.4 is 5.56 Å². The first-order valence-corrected chi connectivity index (χ1v) is 9.20. The Hall–Kier alpha value is -3.68. The normalized spacial score (nSPS) is 11.6. The van der Waals surface area contributed by atoms with E-state index in [2.05, 4.69) is 28.2 Å². The predicted molar refractivity (Wildman–Crippen MR) is 105 cm³/mol. The summed E-state index contributed by atoms with van der Waals surface area (Å²) >= 11 is 0. The fourth-order valence-electron chi connectivity index (χ4n) is 3.39. The summed E-state index contributed by atoms with van der Waals surface area (Å²) in [5.74, 6) is 1.01. The number of nitrogens with zero attached hydrogens (tertiary/aromatic N) is 5. The third-order valence-corrected chi connectivity index (χ3v) is 4.86. The molecule has 5 aromatic rings. The Morgan fingerprint density at radius 2 is 2.07 bits per heavy atom. The van der Waals surface area contributed by atoms with E-state index in [1.54, 1.807) is 16.9 Å². The van der Waals surface area contributed by atoms with Crippen LogP contribution in [0.5, 0.6) is 0 Å². The van der Waals surface area contributed by atoms with Crippen LogP contribution in [0.3, 0.4) is 0 Å². The number of fused-ring (bicyclic) bond motifs is 2. The smallest absolute Gasteiger partial charge is 0.279 e. The largest absolute Gasteiger partial charge is 0.441 e. The molecule has 0 saturated heterocycles. The van der Waals surface area contributed by atoms with E-state index in [1.165, 1.54) is 0 Å². The van der Waals surface area contributed by atoms with Crippen molar-refractivity contribution in [2.45, 2.75) is 26.8 Å². The molecule has 0 spiro atoms. The maximum Gasteiger partial charge on any atom is 0.279 e. The van der Waals surface area contributed by atoms with Crippen molar-refractivity contribution in [2.24, 2.45) is 0 Å². The lowest BCUT2D eigenvalue weighted by Crippen LogP contribution is -2.02. The minimum absolute atomic E-state index is 0.282. The molecule has 4 aromatic heterocycles. The Bertz CT molecular complexity index is 1370. The van der Waals surface area contributed by atoms with Crippen molar-refractivity contribution >= 4 is 16.6 Å². The molecular weight excluding hydrogens is 356 g/mol. The third kappa shape index (κ3) is 2.45. The topological polar surface area (TPSA) is 94.0 Å². The SMILES string of the molecule is CCc1cnc(-c2c(=O)[nH]n3ccc(-c4ccc5c(cnn5CC)c4)nc23)o1. The van der Waals surface area contributed by atoms with Crippen LogP contribution in [0.25, 0.3) is 39.3 Å². The molecule has 0 aliphatic rings. The summed E-state index contributed by atoms with van der Waals surface area (Å²) in [5, 5.41) is 8.20. The highest BCUT2D eigenvalue weighted by Crippen LogP contribution is 2.26. The summed E-state index contributed by atoms with van der Waals surface area (Å²) in [6.45, 7) is 4.85. The maximum atomic E-state index is 12.5. The van der Waals surface area contributed by atoms with Crippen LogP contribution in [-0.2, 0) is 13.0 Å². The van der Waals surface area contributed by atoms with E-state index >= 15 is 0 Å². The maximum absolute atomic E-state index is 12.5. The van der Waals surface area contributed by atoms with Crippen molar-refractivity contribution in [3.05, 3.63) is 59.0 Å². The highest BCUT2D eigenvalue weighted by Gasteiger charge is 2.18. The molecule has 0 atom stereocenters. The quantitative estimate of drug-likeness (QED) is 0.521. The van der Waals surface area contributed by atoms with Crippen molar-refractivity contribution in [3.63, 3.8) is 0 Å². The molecule has 0 saturated carbocycles. The van der Waals surface area contributed by atoms with Crippen molar-refractivity contribution in [1.29, 1.82) is 0 Å². The zero-order chi connectivity index (χ0) is 19.3. The van der Waals surface area contributed by atoms with Gasteiger partial charge >= 0.3 is 0 Å². The van der Waals surface area contributed by atoms with Crippen LogP contribution >= 0.6 is 0 Å². The molecule has 8 nitrogen and oxygen atoms in total. The van der Waals surface area contributed by atoms with E-state index in [9.17, 15) is 4.79 Å². The van der Waals surface area contributed by atoms with Crippen LogP contribution in [-0.4, -0.2) is 29.4 Å². The molecule has 0 bridgehead atoms. The van der Waals surface area contributed by atoms with E-state index < -0.39 is 0 Å². The number of benzene rings is 1. The number of H-pyrrole nitrogens is 1. The lowest BCUT2D eigenvalue weighted by molar-refractivity contribution is 0.524. The Morgan fingerprint density at radius 1 is 1.18 bits per heavy atom. The second-order valence-corrected chi connectivity index (χ2v) is 6.54. The zero-order valence-corrected chi connectivity index (χ0v) is 15.5. The fourth-order valence-corrected chi connectivity index (χ4v) is 3.39. The van der Waals surface area contributed by atoms with Gasteiger partial charge in [-0.25, -0.2) is 14.5 Å². The number of oxazole rings is 1. The van der Waals surface area contributed by atoms with E-state index in [1.807, 2.05) is 36.0 Å². The number of aromatic nitrogens is 6. The summed E-state index contributed by atoms with van der Waals surface area (Å²) in [6, 6.07) is 7.97. The minimum Gasteiger partial charge on any atom is -0.441 e. The zero-order valence-electron chi connectivity index (χ0n) is 15.5. The van der Waals surface area contributed by atoms with Crippen LogP contribution in [0, 0.1) is 0 Å². The number of aryl methyl sites for hydroxylation is 2. The Balaban J connectivity index is 1.67. The van der Waals surface area contributed by atoms with Gasteiger partial charge in [-0.2, -0.15) is 5.10 Å². The lowest BCUT2D eigenvalue weighted by atomic mass is 10.1. The number of hydrogen-bond acceptors (Lipinski definition) is 5. The Labute approximate surface area is 159 Å². The highest BCUT2D eigenvalue weighted by atomic mass is 16.4. The molecule has 4 heterocycles. The summed E-state index contributed by atoms with van der Waals surface area (Å²) < 4.78 is 9.23. The van der Waals surface area contributed by atoms with Gasteiger partial charge in [0.1, 0.15) is 11.3 Å². The molecule has 0 unspecified atom stereocenters. The second-order valence-electron chi connectivity index (χ2n) is 6.54. The number of nitrogens with one attached hydrogen (secondary N) is 1. The second kappa shape index (κ2) is 6.19. The van der Waals surface area contributed by atoms with Crippen molar-refractivity contribution in [3.8, 4) is 22.7 Å². The summed E-state index contributed by atoms with van der Waals surface area (Å²) in [4.78, 5) is 21.4. The van der Waals surface area contributed by atoms with E-state index in [4.69, 9.17) is 9.40 Å². The average molecular weight is 374 g/mol. The monoisotopic (exact) mass is 374 g/mol. The van der Waals surface area contributed by atoms with Gasteiger partial charge in [0.25, 0.3) is 5.56 Å². The lowest BCUT2D eigenvalue weighted by Gasteiger charge is -2.04. The first-order chi connectivity index (χ1) is 13.7. The van der Waals surface area contributed by atoms with Gasteiger partial charge < -0.3 is 4.42 Å². The van der Waals surface area contributed by atoms with Crippen LogP contribution in [0.4, 0.5) is 0 Å². The molecule has 8 heteroatoms. The molecule has 0 aliphatic carbocycles. The number of hydrogen-bond donors (Lipinski definition) is 1. The Kier molecular flexibility index (Phi) is 3.65. The van der Waals surface area contributed by atoms with Gasteiger partial charge in [-0.15, -0.1) is 0 Å². The summed E-state index contributed by atoms with van der Waals surface area (Å²) in [5.41, 5.74) is 3.32. The van der Waals surface area contributed by atoms with Gasteiger partial charge in [-0.05, 0) is 25.1 Å². The number of rotatable bonds is 4. The molecule has 1 N–H and O–H groups in total. The molecule has 0 amide bonds. The van der Waals surface area contributed by atoms with Crippen LogP contribution in [0.15, 0.2) is 52.1 Å². The molecule has 0 fully saturated rings. The van der Waals surface area contributed by atoms with Crippen LogP contribution in [0.1, 0.15) is 19.6 Å². The molecule has 28 heavy (non-hydrogen) atoms.